The van der Waals surface area contributed by atoms with Crippen molar-refractivity contribution in [1.82, 2.24) is 9.62 Å². The predicted molar refractivity (Wildman–Crippen MR) is 102 cm³/mol. The molecular formula is C18H19ClN2O3S2. The van der Waals surface area contributed by atoms with E-state index in [1.165, 1.54) is 11.3 Å². The number of hydrogen-bond acceptors (Lipinski definition) is 4. The zero-order valence-corrected chi connectivity index (χ0v) is 16.4. The molecule has 1 aliphatic heterocycles. The van der Waals surface area contributed by atoms with Crippen molar-refractivity contribution in [1.29, 1.82) is 0 Å². The van der Waals surface area contributed by atoms with Crippen LogP contribution in [0, 0.1) is 5.92 Å². The van der Waals surface area contributed by atoms with Gasteiger partial charge in [-0.1, -0.05) is 29.8 Å². The fourth-order valence-electron chi connectivity index (χ4n) is 3.99. The zero-order chi connectivity index (χ0) is 18.3. The highest BCUT2D eigenvalue weighted by atomic mass is 35.5. The summed E-state index contributed by atoms with van der Waals surface area (Å²) >= 11 is 7.09. The second-order valence-electron chi connectivity index (χ2n) is 6.91. The molecule has 1 saturated heterocycles. The van der Waals surface area contributed by atoms with Crippen LogP contribution in [0.25, 0.3) is 0 Å². The van der Waals surface area contributed by atoms with E-state index in [0.29, 0.717) is 28.1 Å². The number of hydrogen-bond donors (Lipinski definition) is 1. The molecule has 26 heavy (non-hydrogen) atoms. The van der Waals surface area contributed by atoms with Crippen molar-refractivity contribution in [3.63, 3.8) is 0 Å². The third-order valence-electron chi connectivity index (χ3n) is 5.14. The van der Waals surface area contributed by atoms with Crippen molar-refractivity contribution >= 4 is 38.9 Å². The Hall–Kier alpha value is -1.41. The number of fused-ring (bicyclic) bond motifs is 2. The normalized spacial score (nSPS) is 25.0. The molecule has 1 aromatic carbocycles. The SMILES string of the molecule is O=C(Cc1ccc(Cl)cc1)N1C[C@@H]2C[C@H](NS(=O)(=O)c3cccs3)[C@H]1C2. The van der Waals surface area contributed by atoms with Gasteiger partial charge in [0.25, 0.3) is 0 Å². The number of amides is 1. The van der Waals surface area contributed by atoms with Crippen LogP contribution in [0.15, 0.2) is 46.0 Å². The number of thiophene rings is 1. The van der Waals surface area contributed by atoms with Crippen molar-refractivity contribution in [2.24, 2.45) is 5.92 Å². The van der Waals surface area contributed by atoms with Gasteiger partial charge in [-0.2, -0.15) is 0 Å². The van der Waals surface area contributed by atoms with Gasteiger partial charge >= 0.3 is 0 Å². The summed E-state index contributed by atoms with van der Waals surface area (Å²) in [6, 6.07) is 10.3. The van der Waals surface area contributed by atoms with Gasteiger partial charge in [-0.15, -0.1) is 11.3 Å². The second-order valence-corrected chi connectivity index (χ2v) is 10.2. The fourth-order valence-corrected chi connectivity index (χ4v) is 6.41. The van der Waals surface area contributed by atoms with Crippen LogP contribution in [0.1, 0.15) is 18.4 Å². The van der Waals surface area contributed by atoms with Crippen LogP contribution in [-0.4, -0.2) is 37.9 Å². The Morgan fingerprint density at radius 3 is 2.65 bits per heavy atom. The molecule has 8 heteroatoms. The first-order valence-electron chi connectivity index (χ1n) is 8.52. The minimum Gasteiger partial charge on any atom is -0.338 e. The molecule has 1 amide bonds. The predicted octanol–water partition coefficient (Wildman–Crippen LogP) is 2.91. The minimum atomic E-state index is -3.52. The van der Waals surface area contributed by atoms with Crippen LogP contribution < -0.4 is 4.72 Å². The maximum Gasteiger partial charge on any atom is 0.250 e. The van der Waals surface area contributed by atoms with Crippen LogP contribution in [0.5, 0.6) is 0 Å². The molecule has 1 aliphatic carbocycles. The van der Waals surface area contributed by atoms with Crippen LogP contribution in [0.4, 0.5) is 0 Å². The molecule has 1 saturated carbocycles. The highest BCUT2D eigenvalue weighted by Crippen LogP contribution is 2.39. The lowest BCUT2D eigenvalue weighted by Crippen LogP contribution is -2.52. The lowest BCUT2D eigenvalue weighted by molar-refractivity contribution is -0.132. The minimum absolute atomic E-state index is 0.0415. The monoisotopic (exact) mass is 410 g/mol. The van der Waals surface area contributed by atoms with E-state index in [-0.39, 0.29) is 18.0 Å². The van der Waals surface area contributed by atoms with Gasteiger partial charge in [-0.3, -0.25) is 4.79 Å². The van der Waals surface area contributed by atoms with Gasteiger partial charge in [0.2, 0.25) is 15.9 Å². The highest BCUT2D eigenvalue weighted by molar-refractivity contribution is 7.91. The quantitative estimate of drug-likeness (QED) is 0.824. The number of halogens is 1. The number of piperidine rings is 1. The van der Waals surface area contributed by atoms with Gasteiger partial charge in [-0.25, -0.2) is 13.1 Å². The van der Waals surface area contributed by atoms with Gasteiger partial charge in [0, 0.05) is 23.7 Å². The van der Waals surface area contributed by atoms with Crippen LogP contribution >= 0.6 is 22.9 Å². The van der Waals surface area contributed by atoms with E-state index in [1.807, 2.05) is 17.0 Å². The molecule has 2 aliphatic rings. The first-order chi connectivity index (χ1) is 12.4. The maximum atomic E-state index is 12.7. The molecule has 0 unspecified atom stereocenters. The second kappa shape index (κ2) is 6.96. The van der Waals surface area contributed by atoms with Gasteiger partial charge in [0.15, 0.2) is 0 Å². The summed E-state index contributed by atoms with van der Waals surface area (Å²) < 4.78 is 28.2. The Kier molecular flexibility index (Phi) is 4.81. The molecule has 0 spiro atoms. The van der Waals surface area contributed by atoms with Gasteiger partial charge < -0.3 is 4.90 Å². The first-order valence-corrected chi connectivity index (χ1v) is 11.3. The number of nitrogens with one attached hydrogen (secondary N) is 1. The molecular weight excluding hydrogens is 392 g/mol. The summed E-state index contributed by atoms with van der Waals surface area (Å²) in [6.07, 6.45) is 1.97. The smallest absolute Gasteiger partial charge is 0.250 e. The summed E-state index contributed by atoms with van der Waals surface area (Å²) in [5.41, 5.74) is 0.915. The van der Waals surface area contributed by atoms with Crippen LogP contribution in [-0.2, 0) is 21.2 Å². The van der Waals surface area contributed by atoms with Crippen LogP contribution in [0.3, 0.4) is 0 Å². The zero-order valence-electron chi connectivity index (χ0n) is 14.0. The Morgan fingerprint density at radius 2 is 2.00 bits per heavy atom. The molecule has 0 radical (unpaired) electrons. The lowest BCUT2D eigenvalue weighted by Gasteiger charge is -2.33. The molecule has 1 aromatic heterocycles. The van der Waals surface area contributed by atoms with E-state index in [2.05, 4.69) is 4.72 Å². The summed E-state index contributed by atoms with van der Waals surface area (Å²) in [6.45, 7) is 0.717. The van der Waals surface area contributed by atoms with Gasteiger partial charge in [0.1, 0.15) is 4.21 Å². The molecule has 4 rings (SSSR count). The number of rotatable bonds is 5. The highest BCUT2D eigenvalue weighted by Gasteiger charge is 2.48. The van der Waals surface area contributed by atoms with E-state index in [1.54, 1.807) is 29.6 Å². The van der Waals surface area contributed by atoms with Gasteiger partial charge in [-0.05, 0) is 47.9 Å². The number of likely N-dealkylation sites (tertiary alicyclic amines) is 1. The van der Waals surface area contributed by atoms with Crippen molar-refractivity contribution in [2.45, 2.75) is 35.6 Å². The van der Waals surface area contributed by atoms with Crippen molar-refractivity contribution < 1.29 is 13.2 Å². The molecule has 5 nitrogen and oxygen atoms in total. The third-order valence-corrected chi connectivity index (χ3v) is 8.28. The van der Waals surface area contributed by atoms with Crippen molar-refractivity contribution in [3.8, 4) is 0 Å². The Bertz CT molecular complexity index is 897. The summed E-state index contributed by atoms with van der Waals surface area (Å²) in [5.74, 6) is 0.407. The Balaban J connectivity index is 1.45. The number of nitrogens with zero attached hydrogens (tertiary/aromatic N) is 1. The number of sulfonamides is 1. The Labute approximate surface area is 162 Å². The largest absolute Gasteiger partial charge is 0.338 e. The van der Waals surface area contributed by atoms with Crippen molar-refractivity contribution in [2.75, 3.05) is 6.54 Å². The molecule has 2 aromatic rings. The average Bonchev–Trinajstić information content (AvgIpc) is 3.33. The van der Waals surface area contributed by atoms with E-state index in [0.717, 1.165) is 18.4 Å². The standard InChI is InChI=1S/C18H19ClN2O3S2/c19-14-5-3-12(4-6-14)10-17(22)21-11-13-8-15(16(21)9-13)20-26(23,24)18-2-1-7-25-18/h1-7,13,15-16,20H,8-11H2/t13-,15+,16-/m1/s1. The number of benzene rings is 1. The van der Waals surface area contributed by atoms with E-state index in [4.69, 9.17) is 11.6 Å². The summed E-state index contributed by atoms with van der Waals surface area (Å²) in [5, 5.41) is 2.39. The van der Waals surface area contributed by atoms with E-state index >= 15 is 0 Å². The Morgan fingerprint density at radius 1 is 1.23 bits per heavy atom. The molecule has 3 atom stereocenters. The number of carbonyl (C=O) groups is 1. The molecule has 138 valence electrons. The maximum absolute atomic E-state index is 12.7. The third kappa shape index (κ3) is 3.53. The summed E-state index contributed by atoms with van der Waals surface area (Å²) in [7, 11) is -3.52. The summed E-state index contributed by atoms with van der Waals surface area (Å²) in [4.78, 5) is 14.6. The fraction of sp³-hybridized carbons (Fsp3) is 0.389. The average molecular weight is 411 g/mol. The molecule has 1 N–H and O–H groups in total. The van der Waals surface area contributed by atoms with Gasteiger partial charge in [0.05, 0.1) is 6.42 Å². The van der Waals surface area contributed by atoms with Crippen molar-refractivity contribution in [3.05, 3.63) is 52.4 Å². The molecule has 2 bridgehead atoms. The van der Waals surface area contributed by atoms with E-state index in [9.17, 15) is 13.2 Å². The topological polar surface area (TPSA) is 66.5 Å². The first kappa shape index (κ1) is 18.0. The lowest BCUT2D eigenvalue weighted by atomic mass is 10.1. The molecule has 2 heterocycles. The molecule has 2 fully saturated rings. The van der Waals surface area contributed by atoms with Crippen LogP contribution in [0.2, 0.25) is 5.02 Å². The number of carbonyl (C=O) groups excluding carboxylic acids is 1. The van der Waals surface area contributed by atoms with E-state index < -0.39 is 10.0 Å².